The van der Waals surface area contributed by atoms with Gasteiger partial charge >= 0.3 is 6.01 Å². The standard InChI is InChI=1S/C37H39F3N6O4/c1-5-25-28(39)10-9-22-15-24(48)16-26(30(22)25)32-31(40)33-27(18-41-32)34(42-20-37(11-7-8-12-37)45(4)29(49)6-2)44-35(43-33)50-21-36(3)17-23(38)19-46(36)13-14-47/h1,6,9-10,15-16,18,23,47-48H,2,7-8,11-14,17,19-21H2,3-4H3,(H,42,43,44)/t23-,36+/m1/s1. The summed E-state index contributed by atoms with van der Waals surface area (Å²) in [5.74, 6) is 0.496. The van der Waals surface area contributed by atoms with Crippen LogP contribution in [0.1, 0.15) is 44.6 Å². The maximum atomic E-state index is 16.8. The summed E-state index contributed by atoms with van der Waals surface area (Å²) in [5.41, 5.74) is -1.84. The summed E-state index contributed by atoms with van der Waals surface area (Å²) in [7, 11) is 1.72. The van der Waals surface area contributed by atoms with Crippen LogP contribution in [0, 0.1) is 24.0 Å². The molecule has 4 aromatic rings. The number of phenols is 1. The van der Waals surface area contributed by atoms with Gasteiger partial charge in [0.05, 0.1) is 28.6 Å². The van der Waals surface area contributed by atoms with Crippen molar-refractivity contribution in [3.8, 4) is 35.4 Å². The number of phenolic OH excluding ortho intramolecular Hbond substituents is 1. The van der Waals surface area contributed by atoms with E-state index >= 15 is 4.39 Å². The molecule has 2 aromatic carbocycles. The Morgan fingerprint density at radius 2 is 2.04 bits per heavy atom. The molecule has 6 rings (SSSR count). The van der Waals surface area contributed by atoms with Crippen molar-refractivity contribution in [1.82, 2.24) is 24.8 Å². The second-order valence-corrected chi connectivity index (χ2v) is 13.3. The summed E-state index contributed by atoms with van der Waals surface area (Å²) >= 11 is 0. The van der Waals surface area contributed by atoms with E-state index in [4.69, 9.17) is 11.2 Å². The van der Waals surface area contributed by atoms with Crippen LogP contribution >= 0.6 is 0 Å². The lowest BCUT2D eigenvalue weighted by molar-refractivity contribution is -0.129. The predicted octanol–water partition coefficient (Wildman–Crippen LogP) is 5.35. The lowest BCUT2D eigenvalue weighted by Crippen LogP contribution is -2.51. The highest BCUT2D eigenvalue weighted by Gasteiger charge is 2.43. The third-order valence-electron chi connectivity index (χ3n) is 10.2. The smallest absolute Gasteiger partial charge is 0.319 e. The number of hydrogen-bond acceptors (Lipinski definition) is 9. The van der Waals surface area contributed by atoms with Crippen molar-refractivity contribution in [2.75, 3.05) is 45.2 Å². The van der Waals surface area contributed by atoms with E-state index in [9.17, 15) is 23.8 Å². The number of nitrogens with one attached hydrogen (secondary N) is 1. The summed E-state index contributed by atoms with van der Waals surface area (Å²) in [5, 5.41) is 24.2. The Morgan fingerprint density at radius 3 is 2.74 bits per heavy atom. The van der Waals surface area contributed by atoms with Crippen LogP contribution < -0.4 is 10.1 Å². The third kappa shape index (κ3) is 6.29. The molecule has 2 fully saturated rings. The Bertz CT molecular complexity index is 2010. The van der Waals surface area contributed by atoms with Gasteiger partial charge in [0.2, 0.25) is 5.91 Å². The summed E-state index contributed by atoms with van der Waals surface area (Å²) in [6.45, 7) is 5.87. The second kappa shape index (κ2) is 13.8. The number of hydrogen-bond donors (Lipinski definition) is 3. The number of likely N-dealkylation sites (N-methyl/N-ethyl adjacent to an activating group) is 1. The van der Waals surface area contributed by atoms with E-state index in [0.29, 0.717) is 5.39 Å². The second-order valence-electron chi connectivity index (χ2n) is 13.3. The van der Waals surface area contributed by atoms with Crippen LogP contribution in [0.4, 0.5) is 19.0 Å². The van der Waals surface area contributed by atoms with E-state index in [2.05, 4.69) is 32.8 Å². The average Bonchev–Trinajstić information content (AvgIpc) is 3.70. The van der Waals surface area contributed by atoms with E-state index in [1.807, 2.05) is 6.92 Å². The van der Waals surface area contributed by atoms with Crippen molar-refractivity contribution >= 4 is 33.4 Å². The average molecular weight is 689 g/mol. The van der Waals surface area contributed by atoms with Crippen molar-refractivity contribution in [2.45, 2.75) is 56.3 Å². The molecule has 2 aromatic heterocycles. The molecule has 0 radical (unpaired) electrons. The van der Waals surface area contributed by atoms with Gasteiger partial charge in [-0.15, -0.1) is 6.42 Å². The van der Waals surface area contributed by atoms with Crippen molar-refractivity contribution in [1.29, 1.82) is 0 Å². The van der Waals surface area contributed by atoms with E-state index in [1.165, 1.54) is 36.5 Å². The number of carbonyl (C=O) groups is 1. The van der Waals surface area contributed by atoms with Gasteiger partial charge in [-0.1, -0.05) is 31.4 Å². The first-order chi connectivity index (χ1) is 23.9. The lowest BCUT2D eigenvalue weighted by Gasteiger charge is -2.38. The van der Waals surface area contributed by atoms with Crippen LogP contribution in [-0.4, -0.2) is 98.0 Å². The van der Waals surface area contributed by atoms with Crippen molar-refractivity contribution < 1.29 is 32.9 Å². The molecule has 0 spiro atoms. The normalized spacial score (nSPS) is 20.2. The number of nitrogens with zero attached hydrogens (tertiary/aromatic N) is 5. The number of benzene rings is 2. The van der Waals surface area contributed by atoms with Crippen LogP contribution in [0.5, 0.6) is 11.8 Å². The van der Waals surface area contributed by atoms with E-state index in [-0.39, 0.29) is 95.9 Å². The molecule has 2 aliphatic rings. The number of aromatic hydroxyl groups is 1. The topological polar surface area (TPSA) is 124 Å². The highest BCUT2D eigenvalue weighted by molar-refractivity contribution is 6.03. The number of carbonyl (C=O) groups excluding carboxylic acids is 1. The molecule has 3 heterocycles. The van der Waals surface area contributed by atoms with Gasteiger partial charge in [-0.2, -0.15) is 9.97 Å². The zero-order valence-corrected chi connectivity index (χ0v) is 28.0. The molecule has 0 bridgehead atoms. The van der Waals surface area contributed by atoms with Crippen LogP contribution in [0.3, 0.4) is 0 Å². The van der Waals surface area contributed by atoms with Crippen LogP contribution in [0.25, 0.3) is 32.9 Å². The van der Waals surface area contributed by atoms with Gasteiger partial charge in [0, 0.05) is 50.2 Å². The number of terminal acetylenes is 1. The highest BCUT2D eigenvalue weighted by Crippen LogP contribution is 2.40. The molecule has 262 valence electrons. The monoisotopic (exact) mass is 688 g/mol. The zero-order valence-electron chi connectivity index (χ0n) is 28.0. The number of anilines is 1. The van der Waals surface area contributed by atoms with E-state index < -0.39 is 28.9 Å². The molecule has 13 heteroatoms. The number of amides is 1. The van der Waals surface area contributed by atoms with Crippen molar-refractivity contribution in [2.24, 2.45) is 0 Å². The van der Waals surface area contributed by atoms with E-state index in [0.717, 1.165) is 25.7 Å². The fourth-order valence-electron chi connectivity index (χ4n) is 7.44. The zero-order chi connectivity index (χ0) is 35.8. The molecule has 10 nitrogen and oxygen atoms in total. The lowest BCUT2D eigenvalue weighted by atomic mass is 9.95. The van der Waals surface area contributed by atoms with E-state index in [1.54, 1.807) is 16.8 Å². The fourth-order valence-corrected chi connectivity index (χ4v) is 7.44. The first-order valence-electron chi connectivity index (χ1n) is 16.5. The number of fused-ring (bicyclic) bond motifs is 2. The number of pyridine rings is 1. The number of aliphatic hydroxyl groups is 1. The molecule has 1 aliphatic heterocycles. The minimum Gasteiger partial charge on any atom is -0.508 e. The van der Waals surface area contributed by atoms with Crippen LogP contribution in [-0.2, 0) is 4.79 Å². The number of rotatable bonds is 11. The number of ether oxygens (including phenoxy) is 1. The van der Waals surface area contributed by atoms with Gasteiger partial charge in [0.25, 0.3) is 0 Å². The number of likely N-dealkylation sites (tertiary alicyclic amines) is 1. The molecule has 0 unspecified atom stereocenters. The molecule has 1 saturated carbocycles. The number of aromatic nitrogens is 3. The van der Waals surface area contributed by atoms with Crippen LogP contribution in [0.15, 0.2) is 43.1 Å². The molecule has 1 saturated heterocycles. The Hall–Kier alpha value is -4.93. The largest absolute Gasteiger partial charge is 0.508 e. The van der Waals surface area contributed by atoms with Gasteiger partial charge < -0.3 is 25.2 Å². The molecule has 50 heavy (non-hydrogen) atoms. The molecule has 1 aliphatic carbocycles. The predicted molar refractivity (Wildman–Crippen MR) is 185 cm³/mol. The Balaban J connectivity index is 1.47. The minimum atomic E-state index is -1.12. The van der Waals surface area contributed by atoms with Gasteiger partial charge in [0.15, 0.2) is 5.82 Å². The molecular formula is C37H39F3N6O4. The van der Waals surface area contributed by atoms with Crippen molar-refractivity contribution in [3.63, 3.8) is 0 Å². The summed E-state index contributed by atoms with van der Waals surface area (Å²) in [6.07, 6.45) is 10.6. The summed E-state index contributed by atoms with van der Waals surface area (Å²) < 4.78 is 52.3. The number of aliphatic hydroxyl groups excluding tert-OH is 1. The van der Waals surface area contributed by atoms with Gasteiger partial charge in [-0.05, 0) is 49.4 Å². The van der Waals surface area contributed by atoms with Gasteiger partial charge in [0.1, 0.15) is 41.4 Å². The van der Waals surface area contributed by atoms with Crippen LogP contribution in [0.2, 0.25) is 0 Å². The molecule has 2 atom stereocenters. The summed E-state index contributed by atoms with van der Waals surface area (Å²) in [6, 6.07) is 5.07. The third-order valence-corrected chi connectivity index (χ3v) is 10.2. The molecular weight excluding hydrogens is 649 g/mol. The Labute approximate surface area is 288 Å². The maximum Gasteiger partial charge on any atom is 0.319 e. The highest BCUT2D eigenvalue weighted by atomic mass is 19.1. The SMILES string of the molecule is C#Cc1c(F)ccc2cc(O)cc(-c3ncc4c(NCC5(N(C)C(=O)C=C)CCCC5)nc(OC[C@]5(C)C[C@@H](F)CN5CCO)nc4c3F)c12. The quantitative estimate of drug-likeness (QED) is 0.141. The fraction of sp³-hybridized carbons (Fsp3) is 0.405. The van der Waals surface area contributed by atoms with Gasteiger partial charge in [-0.25, -0.2) is 13.2 Å². The van der Waals surface area contributed by atoms with Gasteiger partial charge in [-0.3, -0.25) is 14.7 Å². The van der Waals surface area contributed by atoms with Crippen molar-refractivity contribution in [3.05, 3.63) is 60.3 Å². The number of halogens is 3. The first-order valence-corrected chi connectivity index (χ1v) is 16.5. The molecule has 3 N–H and O–H groups in total. The molecule has 1 amide bonds. The maximum absolute atomic E-state index is 16.8. The number of alkyl halides is 1. The Morgan fingerprint density at radius 1 is 1.28 bits per heavy atom. The minimum absolute atomic E-state index is 0.0551. The first kappa shape index (κ1) is 34.9. The summed E-state index contributed by atoms with van der Waals surface area (Å²) in [4.78, 5) is 29.6. The number of β-amino-alcohol motifs (C(OH)–C–C–N with tert-alkyl or cyclic N) is 1. The Kier molecular flexibility index (Phi) is 9.61.